The van der Waals surface area contributed by atoms with Crippen LogP contribution in [-0.4, -0.2) is 35.4 Å². The summed E-state index contributed by atoms with van der Waals surface area (Å²) in [7, 11) is 0. The van der Waals surface area contributed by atoms with E-state index in [0.29, 0.717) is 29.7 Å². The first-order valence-electron chi connectivity index (χ1n) is 15.2. The van der Waals surface area contributed by atoms with E-state index in [2.05, 4.69) is 20.4 Å². The summed E-state index contributed by atoms with van der Waals surface area (Å²) >= 11 is 1.56. The maximum Gasteiger partial charge on any atom is 0.573 e. The zero-order chi connectivity index (χ0) is 34.1. The molecule has 3 unspecified atom stereocenters. The topological polar surface area (TPSA) is 107 Å². The Morgan fingerprint density at radius 1 is 0.915 bits per heavy atom. The molecule has 0 fully saturated rings. The second-order valence-corrected chi connectivity index (χ2v) is 12.1. The minimum absolute atomic E-state index is 0.179. The third kappa shape index (κ3) is 9.89. The number of carbonyl (C=O) groups excluding carboxylic acids is 3. The number of ether oxygens (including phenoxy) is 2. The van der Waals surface area contributed by atoms with Gasteiger partial charge in [-0.1, -0.05) is 56.7 Å². The van der Waals surface area contributed by atoms with Gasteiger partial charge < -0.3 is 20.1 Å². The summed E-state index contributed by atoms with van der Waals surface area (Å²) in [5, 5.41) is 6.55. The number of nitrogens with zero attached hydrogens (tertiary/aromatic N) is 1. The third-order valence-corrected chi connectivity index (χ3v) is 8.31. The van der Waals surface area contributed by atoms with E-state index < -0.39 is 42.1 Å². The van der Waals surface area contributed by atoms with Crippen LogP contribution in [-0.2, 0) is 14.3 Å². The predicted octanol–water partition coefficient (Wildman–Crippen LogP) is 8.35. The Kier molecular flexibility index (Phi) is 11.8. The minimum atomic E-state index is -4.85. The van der Waals surface area contributed by atoms with Crippen molar-refractivity contribution >= 4 is 34.8 Å². The van der Waals surface area contributed by atoms with Crippen molar-refractivity contribution in [2.24, 2.45) is 0 Å². The molecule has 0 aliphatic rings. The summed E-state index contributed by atoms with van der Waals surface area (Å²) in [5.41, 5.74) is 3.11. The van der Waals surface area contributed by atoms with Crippen molar-refractivity contribution in [3.63, 3.8) is 0 Å². The molecule has 0 saturated heterocycles. The summed E-state index contributed by atoms with van der Waals surface area (Å²) in [6, 6.07) is 19.4. The number of benzene rings is 3. The van der Waals surface area contributed by atoms with Crippen LogP contribution in [0.5, 0.6) is 5.75 Å². The molecule has 0 saturated carbocycles. The van der Waals surface area contributed by atoms with Crippen molar-refractivity contribution in [3.05, 3.63) is 101 Å². The molecule has 4 rings (SSSR count). The standard InChI is InChI=1S/C35H36F3N3O5S/c1-5-7-29(23-8-10-26(11-9-23)33(43)40-21(3)45-31(42)6-2)32(25-14-18-28(19-15-25)46-35(36,37)38)34(44)41-27-16-12-24(13-17-27)30-20-39-22(4)47-30/h8-21,29,32H,5-7H2,1-4H3,(H,40,43)(H,41,44). The van der Waals surface area contributed by atoms with Gasteiger partial charge in [0.25, 0.3) is 5.91 Å². The number of alkyl halides is 3. The zero-order valence-corrected chi connectivity index (χ0v) is 27.2. The largest absolute Gasteiger partial charge is 0.573 e. The Morgan fingerprint density at radius 3 is 2.11 bits per heavy atom. The molecule has 2 N–H and O–H groups in total. The van der Waals surface area contributed by atoms with Gasteiger partial charge in [-0.15, -0.1) is 24.5 Å². The summed E-state index contributed by atoms with van der Waals surface area (Å²) < 4.78 is 47.7. The number of thiazole rings is 1. The predicted molar refractivity (Wildman–Crippen MR) is 174 cm³/mol. The van der Waals surface area contributed by atoms with Crippen LogP contribution in [0, 0.1) is 6.92 Å². The molecule has 1 heterocycles. The number of nitrogens with one attached hydrogen (secondary N) is 2. The SMILES string of the molecule is CCCC(c1ccc(C(=O)NC(C)OC(=O)CC)cc1)C(C(=O)Nc1ccc(-c2cnc(C)s2)cc1)c1ccc(OC(F)(F)F)cc1. The first-order valence-corrected chi connectivity index (χ1v) is 16.0. The van der Waals surface area contributed by atoms with E-state index in [-0.39, 0.29) is 12.3 Å². The average molecular weight is 668 g/mol. The van der Waals surface area contributed by atoms with Crippen LogP contribution >= 0.6 is 11.3 Å². The number of aromatic nitrogens is 1. The quantitative estimate of drug-likeness (QED) is 0.110. The Hall–Kier alpha value is -4.71. The number of aryl methyl sites for hydroxylation is 1. The van der Waals surface area contributed by atoms with E-state index in [1.54, 1.807) is 67.8 Å². The molecular weight excluding hydrogens is 631 g/mol. The van der Waals surface area contributed by atoms with E-state index >= 15 is 0 Å². The molecule has 2 amide bonds. The second kappa shape index (κ2) is 15.7. The molecule has 8 nitrogen and oxygen atoms in total. The van der Waals surface area contributed by atoms with Gasteiger partial charge in [-0.2, -0.15) is 0 Å². The molecule has 12 heteroatoms. The highest BCUT2D eigenvalue weighted by Gasteiger charge is 2.33. The van der Waals surface area contributed by atoms with Crippen LogP contribution in [0.1, 0.15) is 78.4 Å². The Morgan fingerprint density at radius 2 is 1.55 bits per heavy atom. The highest BCUT2D eigenvalue weighted by molar-refractivity contribution is 7.15. The fourth-order valence-electron chi connectivity index (χ4n) is 5.17. The molecule has 47 heavy (non-hydrogen) atoms. The Labute approximate surface area is 275 Å². The normalized spacial score (nSPS) is 13.3. The van der Waals surface area contributed by atoms with Crippen LogP contribution in [0.15, 0.2) is 79.0 Å². The number of halogens is 3. The van der Waals surface area contributed by atoms with Gasteiger partial charge >= 0.3 is 12.3 Å². The van der Waals surface area contributed by atoms with Crippen LogP contribution in [0.2, 0.25) is 0 Å². The van der Waals surface area contributed by atoms with Crippen molar-refractivity contribution in [1.82, 2.24) is 10.3 Å². The number of rotatable bonds is 13. The molecule has 4 aromatic rings. The van der Waals surface area contributed by atoms with E-state index in [4.69, 9.17) is 4.74 Å². The van der Waals surface area contributed by atoms with E-state index in [1.807, 2.05) is 26.0 Å². The minimum Gasteiger partial charge on any atom is -0.442 e. The van der Waals surface area contributed by atoms with Crippen LogP contribution in [0.4, 0.5) is 18.9 Å². The first-order chi connectivity index (χ1) is 22.4. The molecule has 0 aliphatic carbocycles. The number of amides is 2. The summed E-state index contributed by atoms with van der Waals surface area (Å²) in [6.07, 6.45) is -2.43. The molecular formula is C35H36F3N3O5S. The van der Waals surface area contributed by atoms with Gasteiger partial charge in [-0.3, -0.25) is 14.4 Å². The lowest BCUT2D eigenvalue weighted by atomic mass is 9.78. The molecule has 0 spiro atoms. The van der Waals surface area contributed by atoms with Crippen molar-refractivity contribution in [2.75, 3.05) is 5.32 Å². The monoisotopic (exact) mass is 667 g/mol. The summed E-state index contributed by atoms with van der Waals surface area (Å²) in [5.74, 6) is -2.81. The van der Waals surface area contributed by atoms with Gasteiger partial charge in [0, 0.05) is 23.9 Å². The number of carbonyl (C=O) groups is 3. The first kappa shape index (κ1) is 35.1. The lowest BCUT2D eigenvalue weighted by Crippen LogP contribution is -2.36. The van der Waals surface area contributed by atoms with Gasteiger partial charge in [0.05, 0.1) is 15.8 Å². The van der Waals surface area contributed by atoms with Crippen LogP contribution in [0.3, 0.4) is 0 Å². The number of anilines is 1. The van der Waals surface area contributed by atoms with Gasteiger partial charge in [0.15, 0.2) is 6.23 Å². The average Bonchev–Trinajstić information content (AvgIpc) is 3.47. The van der Waals surface area contributed by atoms with E-state index in [9.17, 15) is 27.6 Å². The van der Waals surface area contributed by atoms with Crippen molar-refractivity contribution in [2.45, 2.75) is 71.4 Å². The molecule has 1 aromatic heterocycles. The molecule has 0 radical (unpaired) electrons. The molecule has 0 bridgehead atoms. The maximum atomic E-state index is 14.0. The lowest BCUT2D eigenvalue weighted by molar-refractivity contribution is -0.274. The number of hydrogen-bond acceptors (Lipinski definition) is 7. The number of hydrogen-bond donors (Lipinski definition) is 2. The summed E-state index contributed by atoms with van der Waals surface area (Å²) in [6.45, 7) is 7.11. The fraction of sp³-hybridized carbons (Fsp3) is 0.314. The van der Waals surface area contributed by atoms with Crippen molar-refractivity contribution < 1.29 is 37.0 Å². The highest BCUT2D eigenvalue weighted by Crippen LogP contribution is 2.39. The van der Waals surface area contributed by atoms with Crippen LogP contribution < -0.4 is 15.4 Å². The highest BCUT2D eigenvalue weighted by atomic mass is 32.1. The van der Waals surface area contributed by atoms with E-state index in [0.717, 1.165) is 21.0 Å². The molecule has 3 atom stereocenters. The third-order valence-electron chi connectivity index (χ3n) is 7.35. The van der Waals surface area contributed by atoms with Crippen molar-refractivity contribution in [3.8, 4) is 16.2 Å². The smallest absolute Gasteiger partial charge is 0.442 e. The van der Waals surface area contributed by atoms with Crippen molar-refractivity contribution in [1.29, 1.82) is 0 Å². The fourth-order valence-corrected chi connectivity index (χ4v) is 5.96. The summed E-state index contributed by atoms with van der Waals surface area (Å²) in [4.78, 5) is 43.7. The second-order valence-electron chi connectivity index (χ2n) is 10.9. The lowest BCUT2D eigenvalue weighted by Gasteiger charge is -2.28. The Balaban J connectivity index is 1.62. The molecule has 248 valence electrons. The molecule has 0 aliphatic heterocycles. The van der Waals surface area contributed by atoms with E-state index in [1.165, 1.54) is 24.3 Å². The van der Waals surface area contributed by atoms with Gasteiger partial charge in [0.1, 0.15) is 5.75 Å². The maximum absolute atomic E-state index is 14.0. The van der Waals surface area contributed by atoms with Gasteiger partial charge in [-0.05, 0) is 79.3 Å². The van der Waals surface area contributed by atoms with Gasteiger partial charge in [0.2, 0.25) is 5.91 Å². The van der Waals surface area contributed by atoms with Gasteiger partial charge in [-0.25, -0.2) is 4.98 Å². The Bertz CT molecular complexity index is 1660. The van der Waals surface area contributed by atoms with Crippen LogP contribution in [0.25, 0.3) is 10.4 Å². The molecule has 3 aromatic carbocycles. The number of esters is 1. The zero-order valence-electron chi connectivity index (χ0n) is 26.4.